The van der Waals surface area contributed by atoms with Crippen LogP contribution in [0.25, 0.3) is 11.3 Å². The lowest BCUT2D eigenvalue weighted by atomic mass is 10.1. The molecule has 0 aliphatic rings. The van der Waals surface area contributed by atoms with E-state index in [0.717, 1.165) is 0 Å². The Bertz CT molecular complexity index is 630. The number of rotatable bonds is 3. The first-order valence-electron chi connectivity index (χ1n) is 5.15. The molecule has 1 heterocycles. The maximum atomic E-state index is 13.2. The van der Waals surface area contributed by atoms with Gasteiger partial charge in [0.05, 0.1) is 10.7 Å². The van der Waals surface area contributed by atoms with E-state index in [0.29, 0.717) is 33.4 Å². The van der Waals surface area contributed by atoms with Crippen LogP contribution in [0.3, 0.4) is 0 Å². The van der Waals surface area contributed by atoms with E-state index in [1.54, 1.807) is 13.2 Å². The van der Waals surface area contributed by atoms with Gasteiger partial charge in [0.15, 0.2) is 0 Å². The van der Waals surface area contributed by atoms with Crippen molar-refractivity contribution in [2.45, 2.75) is 6.61 Å². The number of ether oxygens (including phenoxy) is 1. The standard InChI is InChI=1S/C12H10ClFN2OS/c1-17-6-11-15-10(5-12(18)16-11)8-4-7(14)2-3-9(8)13/h2-5H,6H2,1H3,(H,15,16,18). The van der Waals surface area contributed by atoms with Crippen LogP contribution in [0.15, 0.2) is 24.3 Å². The number of H-pyrrole nitrogens is 1. The molecule has 18 heavy (non-hydrogen) atoms. The van der Waals surface area contributed by atoms with Gasteiger partial charge in [0.1, 0.15) is 22.9 Å². The quantitative estimate of drug-likeness (QED) is 0.873. The van der Waals surface area contributed by atoms with Crippen molar-refractivity contribution in [1.82, 2.24) is 9.97 Å². The van der Waals surface area contributed by atoms with Crippen molar-refractivity contribution in [3.63, 3.8) is 0 Å². The van der Waals surface area contributed by atoms with E-state index >= 15 is 0 Å². The Balaban J connectivity index is 2.56. The second-order valence-electron chi connectivity index (χ2n) is 3.64. The van der Waals surface area contributed by atoms with Crippen LogP contribution in [0.2, 0.25) is 5.02 Å². The Kier molecular flexibility index (Phi) is 4.06. The number of nitrogens with one attached hydrogen (secondary N) is 1. The molecule has 2 aromatic rings. The van der Waals surface area contributed by atoms with Gasteiger partial charge < -0.3 is 9.72 Å². The summed E-state index contributed by atoms with van der Waals surface area (Å²) in [6.07, 6.45) is 0. The van der Waals surface area contributed by atoms with E-state index in [-0.39, 0.29) is 5.82 Å². The minimum Gasteiger partial charge on any atom is -0.377 e. The minimum atomic E-state index is -0.362. The second kappa shape index (κ2) is 5.56. The molecule has 0 aliphatic carbocycles. The van der Waals surface area contributed by atoms with Crippen LogP contribution in [0, 0.1) is 10.5 Å². The summed E-state index contributed by atoms with van der Waals surface area (Å²) in [6.45, 7) is 0.296. The van der Waals surface area contributed by atoms with Crippen LogP contribution in [-0.4, -0.2) is 17.1 Å². The Morgan fingerprint density at radius 2 is 2.22 bits per heavy atom. The van der Waals surface area contributed by atoms with Crippen molar-refractivity contribution in [3.05, 3.63) is 45.6 Å². The zero-order valence-corrected chi connectivity index (χ0v) is 11.1. The molecule has 0 radical (unpaired) electrons. The lowest BCUT2D eigenvalue weighted by Gasteiger charge is -2.07. The molecule has 2 rings (SSSR count). The third kappa shape index (κ3) is 2.93. The highest BCUT2D eigenvalue weighted by molar-refractivity contribution is 7.71. The Labute approximate surface area is 114 Å². The van der Waals surface area contributed by atoms with Gasteiger partial charge in [-0.1, -0.05) is 23.8 Å². The van der Waals surface area contributed by atoms with Gasteiger partial charge >= 0.3 is 0 Å². The molecule has 94 valence electrons. The van der Waals surface area contributed by atoms with Gasteiger partial charge in [0, 0.05) is 12.7 Å². The third-order valence-electron chi connectivity index (χ3n) is 2.29. The van der Waals surface area contributed by atoms with Gasteiger partial charge in [-0.3, -0.25) is 0 Å². The highest BCUT2D eigenvalue weighted by atomic mass is 35.5. The number of hydrogen-bond donors (Lipinski definition) is 1. The first-order valence-corrected chi connectivity index (χ1v) is 5.93. The maximum Gasteiger partial charge on any atom is 0.134 e. The number of aromatic nitrogens is 2. The SMILES string of the molecule is COCc1nc(=S)cc(-c2cc(F)ccc2Cl)[nH]1. The fraction of sp³-hybridized carbons (Fsp3) is 0.167. The molecular weight excluding hydrogens is 275 g/mol. The maximum absolute atomic E-state index is 13.2. The summed E-state index contributed by atoms with van der Waals surface area (Å²) in [5.74, 6) is 0.208. The van der Waals surface area contributed by atoms with Crippen LogP contribution in [0.4, 0.5) is 4.39 Å². The highest BCUT2D eigenvalue weighted by Crippen LogP contribution is 2.27. The largest absolute Gasteiger partial charge is 0.377 e. The van der Waals surface area contributed by atoms with Gasteiger partial charge in [-0.15, -0.1) is 0 Å². The van der Waals surface area contributed by atoms with Gasteiger partial charge in [-0.2, -0.15) is 0 Å². The van der Waals surface area contributed by atoms with Crippen LogP contribution in [0.5, 0.6) is 0 Å². The fourth-order valence-electron chi connectivity index (χ4n) is 1.56. The molecule has 0 fully saturated rings. The van der Waals surface area contributed by atoms with Crippen molar-refractivity contribution in [2.24, 2.45) is 0 Å². The molecule has 0 atom stereocenters. The summed E-state index contributed by atoms with van der Waals surface area (Å²) >= 11 is 11.1. The monoisotopic (exact) mass is 284 g/mol. The van der Waals surface area contributed by atoms with Crippen molar-refractivity contribution >= 4 is 23.8 Å². The molecule has 0 unspecified atom stereocenters. The number of methoxy groups -OCH3 is 1. The molecule has 0 saturated heterocycles. The molecule has 1 aromatic heterocycles. The van der Waals surface area contributed by atoms with Crippen LogP contribution >= 0.6 is 23.8 Å². The van der Waals surface area contributed by atoms with Crippen LogP contribution in [-0.2, 0) is 11.3 Å². The number of hydrogen-bond acceptors (Lipinski definition) is 3. The molecule has 0 bridgehead atoms. The lowest BCUT2D eigenvalue weighted by Crippen LogP contribution is -1.99. The zero-order chi connectivity index (χ0) is 13.1. The zero-order valence-electron chi connectivity index (χ0n) is 9.54. The molecule has 3 nitrogen and oxygen atoms in total. The lowest BCUT2D eigenvalue weighted by molar-refractivity contribution is 0.177. The molecule has 1 aromatic carbocycles. The predicted octanol–water partition coefficient (Wildman–Crippen LogP) is 3.75. The van der Waals surface area contributed by atoms with Crippen molar-refractivity contribution in [3.8, 4) is 11.3 Å². The van der Waals surface area contributed by atoms with Crippen molar-refractivity contribution in [1.29, 1.82) is 0 Å². The summed E-state index contributed by atoms with van der Waals surface area (Å²) < 4.78 is 18.6. The molecule has 0 amide bonds. The van der Waals surface area contributed by atoms with Gasteiger partial charge in [-0.25, -0.2) is 9.37 Å². The third-order valence-corrected chi connectivity index (χ3v) is 2.83. The number of nitrogens with zero attached hydrogens (tertiary/aromatic N) is 1. The van der Waals surface area contributed by atoms with Gasteiger partial charge in [0.2, 0.25) is 0 Å². The molecule has 0 aliphatic heterocycles. The Hall–Kier alpha value is -1.30. The first kappa shape index (κ1) is 13.1. The normalized spacial score (nSPS) is 10.6. The van der Waals surface area contributed by atoms with E-state index < -0.39 is 0 Å². The average molecular weight is 285 g/mol. The van der Waals surface area contributed by atoms with Gasteiger partial charge in [-0.05, 0) is 24.3 Å². The Morgan fingerprint density at radius 1 is 1.44 bits per heavy atom. The number of benzene rings is 1. The molecule has 0 saturated carbocycles. The van der Waals surface area contributed by atoms with E-state index in [2.05, 4.69) is 9.97 Å². The second-order valence-corrected chi connectivity index (χ2v) is 4.46. The van der Waals surface area contributed by atoms with E-state index in [1.807, 2.05) is 0 Å². The summed E-state index contributed by atoms with van der Waals surface area (Å²) in [6, 6.07) is 5.78. The molecule has 6 heteroatoms. The molecule has 0 spiro atoms. The first-order chi connectivity index (χ1) is 8.60. The van der Waals surface area contributed by atoms with Crippen molar-refractivity contribution < 1.29 is 9.13 Å². The summed E-state index contributed by atoms with van der Waals surface area (Å²) in [5, 5.41) is 0.441. The summed E-state index contributed by atoms with van der Waals surface area (Å²) in [5.41, 5.74) is 1.16. The summed E-state index contributed by atoms with van der Waals surface area (Å²) in [7, 11) is 1.56. The van der Waals surface area contributed by atoms with Crippen LogP contribution in [0.1, 0.15) is 5.82 Å². The highest BCUT2D eigenvalue weighted by Gasteiger charge is 2.07. The Morgan fingerprint density at radius 3 is 2.94 bits per heavy atom. The molecular formula is C12H10ClFN2OS. The number of aromatic amines is 1. The van der Waals surface area contributed by atoms with Crippen LogP contribution < -0.4 is 0 Å². The fourth-order valence-corrected chi connectivity index (χ4v) is 2.01. The van der Waals surface area contributed by atoms with Crippen molar-refractivity contribution in [2.75, 3.05) is 7.11 Å². The molecule has 1 N–H and O–H groups in total. The van der Waals surface area contributed by atoms with E-state index in [1.165, 1.54) is 18.2 Å². The van der Waals surface area contributed by atoms with Gasteiger partial charge in [0.25, 0.3) is 0 Å². The minimum absolute atomic E-state index is 0.296. The van der Waals surface area contributed by atoms with E-state index in [9.17, 15) is 4.39 Å². The predicted molar refractivity (Wildman–Crippen MR) is 70.5 cm³/mol. The average Bonchev–Trinajstić information content (AvgIpc) is 2.32. The topological polar surface area (TPSA) is 37.9 Å². The smallest absolute Gasteiger partial charge is 0.134 e. The summed E-state index contributed by atoms with van der Waals surface area (Å²) in [4.78, 5) is 7.12. The number of halogens is 2. The van der Waals surface area contributed by atoms with E-state index in [4.69, 9.17) is 28.6 Å².